The van der Waals surface area contributed by atoms with Gasteiger partial charge in [-0.3, -0.25) is 9.59 Å². The maximum absolute atomic E-state index is 12.7. The number of likely N-dealkylation sites (tertiary alicyclic amines) is 1. The number of aromatic hydroxyl groups is 1. The van der Waals surface area contributed by atoms with E-state index >= 15 is 0 Å². The number of Topliss-reactive ketones (excluding diaryl/α,β-unsaturated/α-hetero) is 1. The number of phenolic OH excluding ortho intramolecular Hbond substituents is 1. The first-order chi connectivity index (χ1) is 12.0. The van der Waals surface area contributed by atoms with Gasteiger partial charge in [-0.1, -0.05) is 6.92 Å². The summed E-state index contributed by atoms with van der Waals surface area (Å²) in [5.41, 5.74) is 1.82. The monoisotopic (exact) mass is 357 g/mol. The third-order valence-electron chi connectivity index (χ3n) is 4.86. The molecule has 1 fully saturated rings. The lowest BCUT2D eigenvalue weighted by Crippen LogP contribution is -2.40. The van der Waals surface area contributed by atoms with E-state index in [0.29, 0.717) is 31.5 Å². The zero-order chi connectivity index (χ0) is 18.0. The fraction of sp³-hybridized carbons (Fsp3) is 0.400. The van der Waals surface area contributed by atoms with Gasteiger partial charge in [0.05, 0.1) is 4.88 Å². The number of amides is 1. The standard InChI is InChI=1S/C20H23NO3S/c1-3-17-13(2)12-18(25-17)20(24)21-10-8-15(9-11-21)19(23)14-4-6-16(22)7-5-14/h4-7,12,15,22H,3,8-11H2,1-2H3. The number of nitrogens with zero attached hydrogens (tertiary/aromatic N) is 1. The predicted molar refractivity (Wildman–Crippen MR) is 99.5 cm³/mol. The Labute approximate surface area is 152 Å². The van der Waals surface area contributed by atoms with Gasteiger partial charge in [0.15, 0.2) is 5.78 Å². The number of ketones is 1. The van der Waals surface area contributed by atoms with Gasteiger partial charge in [0, 0.05) is 29.4 Å². The molecule has 1 aromatic heterocycles. The number of aryl methyl sites for hydroxylation is 2. The fourth-order valence-electron chi connectivity index (χ4n) is 3.34. The van der Waals surface area contributed by atoms with Crippen LogP contribution in [0, 0.1) is 12.8 Å². The molecule has 1 aliphatic heterocycles. The van der Waals surface area contributed by atoms with Gasteiger partial charge in [0.1, 0.15) is 5.75 Å². The van der Waals surface area contributed by atoms with Crippen molar-refractivity contribution in [1.82, 2.24) is 4.90 Å². The lowest BCUT2D eigenvalue weighted by molar-refractivity contribution is 0.0654. The predicted octanol–water partition coefficient (Wildman–Crippen LogP) is 4.06. The molecule has 3 rings (SSSR count). The minimum Gasteiger partial charge on any atom is -0.508 e. The topological polar surface area (TPSA) is 57.6 Å². The number of benzene rings is 1. The first-order valence-electron chi connectivity index (χ1n) is 8.71. The third-order valence-corrected chi connectivity index (χ3v) is 6.23. The summed E-state index contributed by atoms with van der Waals surface area (Å²) >= 11 is 1.58. The van der Waals surface area contributed by atoms with Crippen LogP contribution < -0.4 is 0 Å². The van der Waals surface area contributed by atoms with E-state index in [-0.39, 0.29) is 23.4 Å². The molecule has 1 amide bonds. The van der Waals surface area contributed by atoms with Crippen LogP contribution in [0.5, 0.6) is 5.75 Å². The molecule has 1 saturated heterocycles. The minimum atomic E-state index is -0.0510. The van der Waals surface area contributed by atoms with E-state index in [1.807, 2.05) is 11.0 Å². The highest BCUT2D eigenvalue weighted by Crippen LogP contribution is 2.27. The second-order valence-corrected chi connectivity index (χ2v) is 7.68. The third kappa shape index (κ3) is 3.76. The van der Waals surface area contributed by atoms with Crippen LogP contribution in [-0.2, 0) is 6.42 Å². The quantitative estimate of drug-likeness (QED) is 0.840. The molecule has 0 radical (unpaired) electrons. The molecule has 1 aliphatic rings. The molecule has 0 unspecified atom stereocenters. The Bertz CT molecular complexity index is 771. The number of carbonyl (C=O) groups is 2. The number of rotatable bonds is 4. The van der Waals surface area contributed by atoms with Crippen molar-refractivity contribution in [2.45, 2.75) is 33.1 Å². The molecular formula is C20H23NO3S. The summed E-state index contributed by atoms with van der Waals surface area (Å²) in [4.78, 5) is 29.2. The second-order valence-electron chi connectivity index (χ2n) is 6.55. The number of thiophene rings is 1. The van der Waals surface area contributed by atoms with Crippen LogP contribution in [0.1, 0.15) is 50.2 Å². The molecule has 25 heavy (non-hydrogen) atoms. The molecule has 0 atom stereocenters. The summed E-state index contributed by atoms with van der Waals surface area (Å²) in [5, 5.41) is 9.34. The van der Waals surface area contributed by atoms with Crippen molar-refractivity contribution in [3.63, 3.8) is 0 Å². The van der Waals surface area contributed by atoms with Crippen molar-refractivity contribution in [2.75, 3.05) is 13.1 Å². The maximum atomic E-state index is 12.7. The van der Waals surface area contributed by atoms with Gasteiger partial charge < -0.3 is 10.0 Å². The Morgan fingerprint density at radius 3 is 2.40 bits per heavy atom. The van der Waals surface area contributed by atoms with Crippen molar-refractivity contribution >= 4 is 23.0 Å². The Hall–Kier alpha value is -2.14. The van der Waals surface area contributed by atoms with E-state index in [4.69, 9.17) is 0 Å². The van der Waals surface area contributed by atoms with Gasteiger partial charge in [0.25, 0.3) is 5.91 Å². The first kappa shape index (κ1) is 17.7. The Kier molecular flexibility index (Phi) is 5.23. The van der Waals surface area contributed by atoms with E-state index in [9.17, 15) is 14.7 Å². The van der Waals surface area contributed by atoms with E-state index in [1.54, 1.807) is 23.5 Å². The van der Waals surface area contributed by atoms with Crippen LogP contribution in [0.4, 0.5) is 0 Å². The molecule has 1 aromatic carbocycles. The summed E-state index contributed by atoms with van der Waals surface area (Å²) in [5.74, 6) is 0.301. The highest BCUT2D eigenvalue weighted by Gasteiger charge is 2.29. The zero-order valence-electron chi connectivity index (χ0n) is 14.6. The number of hydrogen-bond donors (Lipinski definition) is 1. The summed E-state index contributed by atoms with van der Waals surface area (Å²) in [6.07, 6.45) is 2.33. The first-order valence-corrected chi connectivity index (χ1v) is 9.53. The minimum absolute atomic E-state index is 0.0510. The van der Waals surface area contributed by atoms with Crippen LogP contribution in [0.2, 0.25) is 0 Å². The van der Waals surface area contributed by atoms with E-state index < -0.39 is 0 Å². The fourth-order valence-corrected chi connectivity index (χ4v) is 4.42. The Morgan fingerprint density at radius 1 is 1.20 bits per heavy atom. The van der Waals surface area contributed by atoms with Gasteiger partial charge in [-0.2, -0.15) is 0 Å². The van der Waals surface area contributed by atoms with E-state index in [2.05, 4.69) is 13.8 Å². The molecule has 2 heterocycles. The van der Waals surface area contributed by atoms with Crippen LogP contribution in [0.25, 0.3) is 0 Å². The lowest BCUT2D eigenvalue weighted by atomic mass is 9.89. The van der Waals surface area contributed by atoms with Gasteiger partial charge in [0.2, 0.25) is 0 Å². The van der Waals surface area contributed by atoms with Gasteiger partial charge >= 0.3 is 0 Å². The molecule has 5 heteroatoms. The van der Waals surface area contributed by atoms with E-state index in [0.717, 1.165) is 11.3 Å². The molecule has 0 bridgehead atoms. The molecule has 1 N–H and O–H groups in total. The van der Waals surface area contributed by atoms with Crippen molar-refractivity contribution < 1.29 is 14.7 Å². The summed E-state index contributed by atoms with van der Waals surface area (Å²) in [6, 6.07) is 8.39. The highest BCUT2D eigenvalue weighted by atomic mass is 32.1. The molecule has 132 valence electrons. The van der Waals surface area contributed by atoms with Crippen molar-refractivity contribution in [3.05, 3.63) is 51.2 Å². The molecule has 0 saturated carbocycles. The Balaban J connectivity index is 1.62. The largest absolute Gasteiger partial charge is 0.508 e. The molecule has 4 nitrogen and oxygen atoms in total. The normalized spacial score (nSPS) is 15.4. The number of piperidine rings is 1. The molecular weight excluding hydrogens is 334 g/mol. The zero-order valence-corrected chi connectivity index (χ0v) is 15.4. The lowest BCUT2D eigenvalue weighted by Gasteiger charge is -2.31. The van der Waals surface area contributed by atoms with Gasteiger partial charge in [-0.05, 0) is 62.1 Å². The van der Waals surface area contributed by atoms with E-state index in [1.165, 1.54) is 22.6 Å². The number of phenols is 1. The average Bonchev–Trinajstić information content (AvgIpc) is 3.02. The van der Waals surface area contributed by atoms with Crippen LogP contribution in [-0.4, -0.2) is 34.8 Å². The number of hydrogen-bond acceptors (Lipinski definition) is 4. The van der Waals surface area contributed by atoms with Gasteiger partial charge in [-0.25, -0.2) is 0 Å². The van der Waals surface area contributed by atoms with Crippen molar-refractivity contribution in [1.29, 1.82) is 0 Å². The van der Waals surface area contributed by atoms with Crippen molar-refractivity contribution in [3.8, 4) is 5.75 Å². The smallest absolute Gasteiger partial charge is 0.263 e. The summed E-state index contributed by atoms with van der Waals surface area (Å²) in [6.45, 7) is 5.39. The Morgan fingerprint density at radius 2 is 1.84 bits per heavy atom. The van der Waals surface area contributed by atoms with Gasteiger partial charge in [-0.15, -0.1) is 11.3 Å². The molecule has 2 aromatic rings. The highest BCUT2D eigenvalue weighted by molar-refractivity contribution is 7.14. The van der Waals surface area contributed by atoms with Crippen LogP contribution in [0.3, 0.4) is 0 Å². The second kappa shape index (κ2) is 7.40. The average molecular weight is 357 g/mol. The summed E-state index contributed by atoms with van der Waals surface area (Å²) in [7, 11) is 0. The summed E-state index contributed by atoms with van der Waals surface area (Å²) < 4.78 is 0. The van der Waals surface area contributed by atoms with Crippen LogP contribution in [0.15, 0.2) is 30.3 Å². The van der Waals surface area contributed by atoms with Crippen molar-refractivity contribution in [2.24, 2.45) is 5.92 Å². The van der Waals surface area contributed by atoms with Crippen LogP contribution >= 0.6 is 11.3 Å². The maximum Gasteiger partial charge on any atom is 0.263 e. The SMILES string of the molecule is CCc1sc(C(=O)N2CCC(C(=O)c3ccc(O)cc3)CC2)cc1C. The number of carbonyl (C=O) groups excluding carboxylic acids is 2. The molecule has 0 spiro atoms. The molecule has 0 aliphatic carbocycles.